The van der Waals surface area contributed by atoms with Crippen LogP contribution >= 0.6 is 0 Å². The van der Waals surface area contributed by atoms with Crippen LogP contribution in [0.5, 0.6) is 0 Å². The van der Waals surface area contributed by atoms with Crippen molar-refractivity contribution in [2.45, 2.75) is 6.18 Å². The van der Waals surface area contributed by atoms with Crippen molar-refractivity contribution in [3.05, 3.63) is 60.2 Å². The molecular formula is C11H9F3Zr. The molecule has 0 amide bonds. The maximum Gasteiger partial charge on any atom is 2.00 e. The predicted molar refractivity (Wildman–Crippen MR) is 49.1 cm³/mol. The summed E-state index contributed by atoms with van der Waals surface area (Å²) >= 11 is 0. The van der Waals surface area contributed by atoms with Crippen LogP contribution in [0.25, 0.3) is 0 Å². The van der Waals surface area contributed by atoms with Gasteiger partial charge in [-0.05, 0) is 0 Å². The Hall–Kier alpha value is -0.627. The molecule has 0 N–H and O–H groups in total. The van der Waals surface area contributed by atoms with Crippen LogP contribution in [-0.4, -0.2) is 0 Å². The average molecular weight is 289 g/mol. The Labute approximate surface area is 106 Å². The molecule has 0 atom stereocenters. The van der Waals surface area contributed by atoms with E-state index in [1.165, 1.54) is 12.1 Å². The van der Waals surface area contributed by atoms with Crippen molar-refractivity contribution in [2.24, 2.45) is 0 Å². The van der Waals surface area contributed by atoms with E-state index in [-0.39, 0.29) is 26.2 Å². The van der Waals surface area contributed by atoms with Gasteiger partial charge in [0.15, 0.2) is 0 Å². The van der Waals surface area contributed by atoms with E-state index in [4.69, 9.17) is 0 Å². The fraction of sp³-hybridized carbons (Fsp3) is 0.0909. The van der Waals surface area contributed by atoms with Crippen molar-refractivity contribution < 1.29 is 39.4 Å². The first-order chi connectivity index (χ1) is 6.61. The summed E-state index contributed by atoms with van der Waals surface area (Å²) in [6.45, 7) is 0. The summed E-state index contributed by atoms with van der Waals surface area (Å²) < 4.78 is 34.9. The minimum absolute atomic E-state index is 0. The van der Waals surface area contributed by atoms with Gasteiger partial charge in [0.05, 0.1) is 0 Å². The minimum Gasteiger partial charge on any atom is -0.214 e. The van der Waals surface area contributed by atoms with Gasteiger partial charge in [0.1, 0.15) is 0 Å². The van der Waals surface area contributed by atoms with E-state index < -0.39 is 11.7 Å². The van der Waals surface area contributed by atoms with Crippen molar-refractivity contribution in [3.8, 4) is 0 Å². The first kappa shape index (κ1) is 14.4. The molecule has 0 unspecified atom stereocenters. The Balaban J connectivity index is 0.000000280. The van der Waals surface area contributed by atoms with Crippen molar-refractivity contribution in [2.75, 3.05) is 0 Å². The zero-order valence-electron chi connectivity index (χ0n) is 7.83. The molecule has 78 valence electrons. The normalized spacial score (nSPS) is 9.80. The monoisotopic (exact) mass is 288 g/mol. The van der Waals surface area contributed by atoms with Gasteiger partial charge in [-0.1, -0.05) is 5.56 Å². The van der Waals surface area contributed by atoms with Crippen molar-refractivity contribution in [3.63, 3.8) is 0 Å². The van der Waals surface area contributed by atoms with Crippen molar-refractivity contribution in [1.82, 2.24) is 0 Å². The van der Waals surface area contributed by atoms with Gasteiger partial charge in [-0.15, -0.1) is 0 Å². The molecule has 0 heterocycles. The van der Waals surface area contributed by atoms with Crippen LogP contribution in [0.3, 0.4) is 0 Å². The Bertz CT molecular complexity index is 302. The third-order valence-corrected chi connectivity index (χ3v) is 1.55. The third kappa shape index (κ3) is 5.73. The molecule has 15 heavy (non-hydrogen) atoms. The topological polar surface area (TPSA) is 0 Å². The molecular weight excluding hydrogens is 280 g/mol. The number of hydrogen-bond acceptors (Lipinski definition) is 0. The number of hydrogen-bond donors (Lipinski definition) is 0. The fourth-order valence-corrected chi connectivity index (χ4v) is 0.884. The van der Waals surface area contributed by atoms with Gasteiger partial charge < -0.3 is 0 Å². The second-order valence-electron chi connectivity index (χ2n) is 2.63. The Morgan fingerprint density at radius 3 is 1.53 bits per heavy atom. The van der Waals surface area contributed by atoms with E-state index in [0.29, 0.717) is 0 Å². The van der Waals surface area contributed by atoms with Crippen molar-refractivity contribution in [1.29, 1.82) is 0 Å². The summed E-state index contributed by atoms with van der Waals surface area (Å²) in [5, 5.41) is 0. The van der Waals surface area contributed by atoms with Gasteiger partial charge in [0.2, 0.25) is 0 Å². The molecule has 2 aromatic carbocycles. The summed E-state index contributed by atoms with van der Waals surface area (Å²) in [6, 6.07) is 14.8. The van der Waals surface area contributed by atoms with Gasteiger partial charge in [0.25, 0.3) is 0 Å². The largest absolute Gasteiger partial charge is 2.00 e. The summed E-state index contributed by atoms with van der Waals surface area (Å²) in [6.07, 6.45) is -4.18. The third-order valence-electron chi connectivity index (χ3n) is 1.55. The molecule has 0 aliphatic rings. The Morgan fingerprint density at radius 2 is 1.33 bits per heavy atom. The predicted octanol–water partition coefficient (Wildman–Crippen LogP) is 3.83. The van der Waals surface area contributed by atoms with Crippen LogP contribution in [-0.2, 0) is 32.4 Å². The maximum atomic E-state index is 11.6. The van der Waals surface area contributed by atoms with Gasteiger partial charge in [-0.3, -0.25) is 0 Å². The second-order valence-corrected chi connectivity index (χ2v) is 2.63. The summed E-state index contributed by atoms with van der Waals surface area (Å²) in [7, 11) is 0. The van der Waals surface area contributed by atoms with E-state index >= 15 is 0 Å². The Kier molecular flexibility index (Phi) is 6.50. The SMILES string of the molecule is FC(F)(F)[c-]1cccc1.[Zr+2].c1cc[cH-]c1. The molecule has 0 nitrogen and oxygen atoms in total. The molecule has 0 aliphatic heterocycles. The van der Waals surface area contributed by atoms with Gasteiger partial charge in [-0.25, -0.2) is 24.3 Å². The van der Waals surface area contributed by atoms with Gasteiger partial charge >= 0.3 is 32.4 Å². The van der Waals surface area contributed by atoms with E-state index in [1.807, 2.05) is 30.3 Å². The maximum absolute atomic E-state index is 11.6. The molecule has 0 aromatic heterocycles. The first-order valence-electron chi connectivity index (χ1n) is 4.06. The molecule has 0 radical (unpaired) electrons. The molecule has 0 aliphatic carbocycles. The number of rotatable bonds is 0. The summed E-state index contributed by atoms with van der Waals surface area (Å²) in [4.78, 5) is 0. The second kappa shape index (κ2) is 6.78. The standard InChI is InChI=1S/C6H4F3.C5H5.Zr/c7-6(8,9)5-3-1-2-4-5;1-2-4-5-3-1;/h1-4H;1-5H;/q2*-1;+2. The minimum atomic E-state index is -4.18. The van der Waals surface area contributed by atoms with Crippen LogP contribution in [0.1, 0.15) is 5.56 Å². The quantitative estimate of drug-likeness (QED) is 0.647. The first-order valence-corrected chi connectivity index (χ1v) is 4.06. The summed E-state index contributed by atoms with van der Waals surface area (Å²) in [5.41, 5.74) is -0.581. The smallest absolute Gasteiger partial charge is 0.214 e. The van der Waals surface area contributed by atoms with E-state index in [1.54, 1.807) is 0 Å². The van der Waals surface area contributed by atoms with Gasteiger partial charge in [-0.2, -0.15) is 43.5 Å². The Morgan fingerprint density at radius 1 is 0.867 bits per heavy atom. The summed E-state index contributed by atoms with van der Waals surface area (Å²) in [5.74, 6) is 0. The fourth-order valence-electron chi connectivity index (χ4n) is 0.884. The van der Waals surface area contributed by atoms with Crippen molar-refractivity contribution >= 4 is 0 Å². The average Bonchev–Trinajstić information content (AvgIpc) is 2.80. The van der Waals surface area contributed by atoms with Gasteiger partial charge in [0, 0.05) is 0 Å². The van der Waals surface area contributed by atoms with Crippen LogP contribution in [0.2, 0.25) is 0 Å². The molecule has 2 rings (SSSR count). The molecule has 2 aromatic rings. The van der Waals surface area contributed by atoms with E-state index in [9.17, 15) is 13.2 Å². The zero-order valence-corrected chi connectivity index (χ0v) is 10.3. The molecule has 0 saturated carbocycles. The van der Waals surface area contributed by atoms with E-state index in [2.05, 4.69) is 0 Å². The number of halogens is 3. The molecule has 0 bridgehead atoms. The molecule has 0 spiro atoms. The van der Waals surface area contributed by atoms with Crippen LogP contribution in [0, 0.1) is 0 Å². The molecule has 0 saturated heterocycles. The van der Waals surface area contributed by atoms with E-state index in [0.717, 1.165) is 12.1 Å². The van der Waals surface area contributed by atoms with Crippen LogP contribution in [0.4, 0.5) is 13.2 Å². The number of alkyl halides is 3. The molecule has 0 fully saturated rings. The van der Waals surface area contributed by atoms with Crippen LogP contribution < -0.4 is 0 Å². The molecule has 4 heteroatoms. The van der Waals surface area contributed by atoms with Crippen LogP contribution in [0.15, 0.2) is 54.6 Å². The zero-order chi connectivity index (χ0) is 10.4.